The molecule has 1 heterocycles. The molecular formula is C13H11BrFNO. The molecule has 4 heteroatoms. The van der Waals surface area contributed by atoms with E-state index in [1.54, 1.807) is 18.3 Å². The summed E-state index contributed by atoms with van der Waals surface area (Å²) < 4.78 is 19.0. The number of nitrogens with zero attached hydrogens (tertiary/aromatic N) is 1. The number of rotatable bonds is 3. The van der Waals surface area contributed by atoms with Crippen LogP contribution < -0.4 is 4.74 Å². The highest BCUT2D eigenvalue weighted by Gasteiger charge is 2.01. The lowest BCUT2D eigenvalue weighted by Crippen LogP contribution is -1.96. The molecule has 88 valence electrons. The first-order valence-corrected chi connectivity index (χ1v) is 5.94. The summed E-state index contributed by atoms with van der Waals surface area (Å²) in [7, 11) is 0. The number of pyridine rings is 1. The predicted molar refractivity (Wildman–Crippen MR) is 67.4 cm³/mol. The van der Waals surface area contributed by atoms with Crippen molar-refractivity contribution in [2.24, 2.45) is 0 Å². The second-order valence-corrected chi connectivity index (χ2v) is 4.53. The molecule has 0 bridgehead atoms. The zero-order valence-electron chi connectivity index (χ0n) is 9.28. The summed E-state index contributed by atoms with van der Waals surface area (Å²) in [5, 5.41) is 0. The lowest BCUT2D eigenvalue weighted by Gasteiger charge is -2.06. The first kappa shape index (κ1) is 12.0. The summed E-state index contributed by atoms with van der Waals surface area (Å²) in [6.07, 6.45) is 1.67. The van der Waals surface area contributed by atoms with Crippen molar-refractivity contribution >= 4 is 15.9 Å². The van der Waals surface area contributed by atoms with Crippen LogP contribution in [-0.2, 0) is 6.61 Å². The van der Waals surface area contributed by atoms with Crippen molar-refractivity contribution in [3.05, 3.63) is 58.1 Å². The van der Waals surface area contributed by atoms with E-state index in [0.29, 0.717) is 16.8 Å². The Balaban J connectivity index is 2.02. The first-order chi connectivity index (χ1) is 8.15. The maximum Gasteiger partial charge on any atom is 0.138 e. The average Bonchev–Trinajstić information content (AvgIpc) is 2.33. The zero-order valence-corrected chi connectivity index (χ0v) is 10.9. The van der Waals surface area contributed by atoms with Crippen molar-refractivity contribution in [2.45, 2.75) is 13.5 Å². The number of hydrogen-bond acceptors (Lipinski definition) is 2. The minimum Gasteiger partial charge on any atom is -0.487 e. The van der Waals surface area contributed by atoms with Crippen molar-refractivity contribution in [3.8, 4) is 5.75 Å². The van der Waals surface area contributed by atoms with E-state index >= 15 is 0 Å². The highest BCUT2D eigenvalue weighted by molar-refractivity contribution is 9.10. The normalized spacial score (nSPS) is 10.3. The Hall–Kier alpha value is -1.42. The quantitative estimate of drug-likeness (QED) is 0.857. The van der Waals surface area contributed by atoms with Crippen LogP contribution in [0.1, 0.15) is 11.3 Å². The van der Waals surface area contributed by atoms with Crippen LogP contribution in [0.2, 0.25) is 0 Å². The molecule has 2 aromatic rings. The summed E-state index contributed by atoms with van der Waals surface area (Å²) in [4.78, 5) is 4.13. The Labute approximate surface area is 108 Å². The molecule has 0 saturated carbocycles. The van der Waals surface area contributed by atoms with E-state index in [0.717, 1.165) is 11.3 Å². The third-order valence-corrected chi connectivity index (χ3v) is 2.88. The van der Waals surface area contributed by atoms with Gasteiger partial charge in [-0.05, 0) is 52.7 Å². The van der Waals surface area contributed by atoms with Crippen LogP contribution in [0.3, 0.4) is 0 Å². The first-order valence-electron chi connectivity index (χ1n) is 5.14. The third-order valence-electron chi connectivity index (χ3n) is 2.27. The van der Waals surface area contributed by atoms with Crippen LogP contribution in [-0.4, -0.2) is 4.98 Å². The lowest BCUT2D eigenvalue weighted by molar-refractivity contribution is 0.304. The molecule has 0 atom stereocenters. The van der Waals surface area contributed by atoms with Crippen LogP contribution in [0, 0.1) is 12.7 Å². The van der Waals surface area contributed by atoms with Gasteiger partial charge < -0.3 is 4.74 Å². The van der Waals surface area contributed by atoms with Gasteiger partial charge in [-0.2, -0.15) is 0 Å². The zero-order chi connectivity index (χ0) is 12.3. The van der Waals surface area contributed by atoms with Gasteiger partial charge in [0.1, 0.15) is 18.2 Å². The van der Waals surface area contributed by atoms with Crippen LogP contribution in [0.5, 0.6) is 5.75 Å². The van der Waals surface area contributed by atoms with Crippen molar-refractivity contribution in [3.63, 3.8) is 0 Å². The fraction of sp³-hybridized carbons (Fsp3) is 0.154. The molecule has 0 radical (unpaired) electrons. The summed E-state index contributed by atoms with van der Waals surface area (Å²) in [6.45, 7) is 2.31. The van der Waals surface area contributed by atoms with Gasteiger partial charge in [-0.25, -0.2) is 4.39 Å². The van der Waals surface area contributed by atoms with Crippen molar-refractivity contribution in [1.82, 2.24) is 4.98 Å². The molecule has 0 amide bonds. The van der Waals surface area contributed by atoms with Gasteiger partial charge >= 0.3 is 0 Å². The standard InChI is InChI=1S/C13H11BrFNO/c1-9-2-4-11(7-16-9)17-8-10-3-5-13(15)12(14)6-10/h2-7H,8H2,1H3. The van der Waals surface area contributed by atoms with Gasteiger partial charge in [0.05, 0.1) is 10.7 Å². The largest absolute Gasteiger partial charge is 0.487 e. The van der Waals surface area contributed by atoms with Gasteiger partial charge in [0.2, 0.25) is 0 Å². The Morgan fingerprint density at radius 1 is 1.29 bits per heavy atom. The molecule has 0 saturated heterocycles. The van der Waals surface area contributed by atoms with E-state index in [4.69, 9.17) is 4.74 Å². The maximum absolute atomic E-state index is 13.0. The summed E-state index contributed by atoms with van der Waals surface area (Å²) >= 11 is 3.14. The van der Waals surface area contributed by atoms with E-state index in [2.05, 4.69) is 20.9 Å². The molecule has 0 fully saturated rings. The SMILES string of the molecule is Cc1ccc(OCc2ccc(F)c(Br)c2)cn1. The topological polar surface area (TPSA) is 22.1 Å². The van der Waals surface area contributed by atoms with Gasteiger partial charge in [-0.3, -0.25) is 4.98 Å². The summed E-state index contributed by atoms with van der Waals surface area (Å²) in [5.74, 6) is 0.432. The smallest absolute Gasteiger partial charge is 0.138 e. The van der Waals surface area contributed by atoms with Crippen molar-refractivity contribution in [1.29, 1.82) is 0 Å². The van der Waals surface area contributed by atoms with Gasteiger partial charge in [0, 0.05) is 5.69 Å². The van der Waals surface area contributed by atoms with Crippen LogP contribution >= 0.6 is 15.9 Å². The third kappa shape index (κ3) is 3.27. The minimum absolute atomic E-state index is 0.272. The number of hydrogen-bond donors (Lipinski definition) is 0. The van der Waals surface area contributed by atoms with Gasteiger partial charge in [-0.15, -0.1) is 0 Å². The van der Waals surface area contributed by atoms with Gasteiger partial charge in [0.15, 0.2) is 0 Å². The second kappa shape index (κ2) is 5.27. The van der Waals surface area contributed by atoms with Gasteiger partial charge in [0.25, 0.3) is 0 Å². The van der Waals surface area contributed by atoms with E-state index in [1.807, 2.05) is 19.1 Å². The average molecular weight is 296 g/mol. The van der Waals surface area contributed by atoms with Crippen LogP contribution in [0.25, 0.3) is 0 Å². The maximum atomic E-state index is 13.0. The number of halogens is 2. The molecular weight excluding hydrogens is 285 g/mol. The lowest BCUT2D eigenvalue weighted by atomic mass is 10.2. The van der Waals surface area contributed by atoms with E-state index in [-0.39, 0.29) is 5.82 Å². The number of aromatic nitrogens is 1. The number of benzene rings is 1. The molecule has 2 rings (SSSR count). The molecule has 17 heavy (non-hydrogen) atoms. The van der Waals surface area contributed by atoms with Crippen molar-refractivity contribution < 1.29 is 9.13 Å². The molecule has 0 N–H and O–H groups in total. The molecule has 0 spiro atoms. The molecule has 1 aromatic carbocycles. The molecule has 0 aliphatic rings. The fourth-order valence-corrected chi connectivity index (χ4v) is 1.76. The van der Waals surface area contributed by atoms with Crippen LogP contribution in [0.4, 0.5) is 4.39 Å². The fourth-order valence-electron chi connectivity index (χ4n) is 1.34. The Bertz CT molecular complexity index is 513. The monoisotopic (exact) mass is 295 g/mol. The highest BCUT2D eigenvalue weighted by Crippen LogP contribution is 2.18. The van der Waals surface area contributed by atoms with Crippen molar-refractivity contribution in [2.75, 3.05) is 0 Å². The molecule has 1 aromatic heterocycles. The summed E-state index contributed by atoms with van der Waals surface area (Å²) in [6, 6.07) is 8.56. The minimum atomic E-state index is -0.272. The predicted octanol–water partition coefficient (Wildman–Crippen LogP) is 3.87. The van der Waals surface area contributed by atoms with Gasteiger partial charge in [-0.1, -0.05) is 6.07 Å². The Morgan fingerprint density at radius 3 is 2.76 bits per heavy atom. The molecule has 0 aliphatic carbocycles. The summed E-state index contributed by atoms with van der Waals surface area (Å²) in [5.41, 5.74) is 1.85. The molecule has 0 unspecified atom stereocenters. The highest BCUT2D eigenvalue weighted by atomic mass is 79.9. The van der Waals surface area contributed by atoms with E-state index in [1.165, 1.54) is 6.07 Å². The van der Waals surface area contributed by atoms with Crippen LogP contribution in [0.15, 0.2) is 41.0 Å². The molecule has 2 nitrogen and oxygen atoms in total. The second-order valence-electron chi connectivity index (χ2n) is 3.67. The Morgan fingerprint density at radius 2 is 2.12 bits per heavy atom. The van der Waals surface area contributed by atoms with E-state index in [9.17, 15) is 4.39 Å². The molecule has 0 aliphatic heterocycles. The number of aryl methyl sites for hydroxylation is 1. The van der Waals surface area contributed by atoms with E-state index < -0.39 is 0 Å². The number of ether oxygens (including phenoxy) is 1. The Kier molecular flexibility index (Phi) is 3.74.